The van der Waals surface area contributed by atoms with Gasteiger partial charge in [-0.15, -0.1) is 11.3 Å². The Morgan fingerprint density at radius 3 is 3.26 bits per heavy atom. The SMILES string of the molecule is c1c[nH]c(CN2CCO[C@@H]3[C@@H](COCc4nccs4)CC[C@H]32)c1. The minimum absolute atomic E-state index is 0.315. The van der Waals surface area contributed by atoms with E-state index >= 15 is 0 Å². The van der Waals surface area contributed by atoms with E-state index < -0.39 is 0 Å². The first-order valence-electron chi connectivity index (χ1n) is 8.34. The summed E-state index contributed by atoms with van der Waals surface area (Å²) < 4.78 is 12.0. The molecule has 0 radical (unpaired) electrons. The molecule has 0 amide bonds. The fraction of sp³-hybridized carbons (Fsp3) is 0.588. The highest BCUT2D eigenvalue weighted by Crippen LogP contribution is 2.35. The molecular formula is C17H23N3O2S. The van der Waals surface area contributed by atoms with Crippen molar-refractivity contribution in [1.82, 2.24) is 14.9 Å². The number of H-pyrrole nitrogens is 1. The third-order valence-corrected chi connectivity index (χ3v) is 5.66. The van der Waals surface area contributed by atoms with E-state index in [0.29, 0.717) is 24.7 Å². The lowest BCUT2D eigenvalue weighted by atomic mass is 10.0. The summed E-state index contributed by atoms with van der Waals surface area (Å²) in [4.78, 5) is 10.1. The van der Waals surface area contributed by atoms with Crippen LogP contribution in [-0.4, -0.2) is 46.8 Å². The van der Waals surface area contributed by atoms with Crippen LogP contribution in [0.1, 0.15) is 23.5 Å². The molecule has 2 fully saturated rings. The summed E-state index contributed by atoms with van der Waals surface area (Å²) in [6.45, 7) is 4.23. The molecule has 1 saturated heterocycles. The minimum Gasteiger partial charge on any atom is -0.375 e. The van der Waals surface area contributed by atoms with Crippen molar-refractivity contribution in [2.45, 2.75) is 38.1 Å². The molecule has 3 atom stereocenters. The van der Waals surface area contributed by atoms with Crippen molar-refractivity contribution in [2.75, 3.05) is 19.8 Å². The summed E-state index contributed by atoms with van der Waals surface area (Å²) in [5.41, 5.74) is 1.29. The van der Waals surface area contributed by atoms with Gasteiger partial charge in [0, 0.05) is 48.5 Å². The van der Waals surface area contributed by atoms with Crippen molar-refractivity contribution in [3.63, 3.8) is 0 Å². The molecule has 0 unspecified atom stereocenters. The molecule has 6 heteroatoms. The molecule has 1 N–H and O–H groups in total. The van der Waals surface area contributed by atoms with Crippen molar-refractivity contribution >= 4 is 11.3 Å². The number of hydrogen-bond donors (Lipinski definition) is 1. The number of ether oxygens (including phenoxy) is 2. The summed E-state index contributed by atoms with van der Waals surface area (Å²) in [6.07, 6.45) is 6.54. The number of morpholine rings is 1. The Morgan fingerprint density at radius 2 is 2.43 bits per heavy atom. The predicted octanol–water partition coefficient (Wildman–Crippen LogP) is 2.67. The smallest absolute Gasteiger partial charge is 0.118 e. The van der Waals surface area contributed by atoms with Gasteiger partial charge >= 0.3 is 0 Å². The second kappa shape index (κ2) is 7.13. The first-order chi connectivity index (χ1) is 11.4. The van der Waals surface area contributed by atoms with E-state index in [1.54, 1.807) is 11.3 Å². The lowest BCUT2D eigenvalue weighted by Crippen LogP contribution is -2.50. The zero-order valence-corrected chi connectivity index (χ0v) is 14.0. The molecule has 1 aliphatic heterocycles. The lowest BCUT2D eigenvalue weighted by molar-refractivity contribution is -0.0894. The molecule has 3 heterocycles. The molecule has 2 aromatic rings. The fourth-order valence-electron chi connectivity index (χ4n) is 3.82. The maximum Gasteiger partial charge on any atom is 0.118 e. The van der Waals surface area contributed by atoms with Crippen molar-refractivity contribution in [3.8, 4) is 0 Å². The number of nitrogens with one attached hydrogen (secondary N) is 1. The van der Waals surface area contributed by atoms with Crippen molar-refractivity contribution in [2.24, 2.45) is 5.92 Å². The van der Waals surface area contributed by atoms with Crippen LogP contribution < -0.4 is 0 Å². The van der Waals surface area contributed by atoms with E-state index in [9.17, 15) is 0 Å². The minimum atomic E-state index is 0.315. The van der Waals surface area contributed by atoms with Crippen LogP contribution in [0.4, 0.5) is 0 Å². The van der Waals surface area contributed by atoms with Crippen molar-refractivity contribution in [3.05, 3.63) is 40.6 Å². The van der Waals surface area contributed by atoms with E-state index in [-0.39, 0.29) is 0 Å². The summed E-state index contributed by atoms with van der Waals surface area (Å²) in [7, 11) is 0. The van der Waals surface area contributed by atoms with Crippen LogP contribution in [0.25, 0.3) is 0 Å². The Bertz CT molecular complexity index is 587. The molecule has 0 aromatic carbocycles. The highest BCUT2D eigenvalue weighted by Gasteiger charge is 2.42. The highest BCUT2D eigenvalue weighted by molar-refractivity contribution is 7.09. The zero-order valence-electron chi connectivity index (χ0n) is 13.2. The van der Waals surface area contributed by atoms with E-state index in [0.717, 1.165) is 31.3 Å². The molecular weight excluding hydrogens is 310 g/mol. The van der Waals surface area contributed by atoms with Gasteiger partial charge in [-0.1, -0.05) is 0 Å². The Balaban J connectivity index is 1.31. The van der Waals surface area contributed by atoms with Gasteiger partial charge < -0.3 is 14.5 Å². The number of thiazole rings is 1. The topological polar surface area (TPSA) is 50.4 Å². The van der Waals surface area contributed by atoms with Gasteiger partial charge in [0.25, 0.3) is 0 Å². The van der Waals surface area contributed by atoms with Gasteiger partial charge in [-0.25, -0.2) is 4.98 Å². The van der Waals surface area contributed by atoms with Gasteiger partial charge in [-0.05, 0) is 25.0 Å². The van der Waals surface area contributed by atoms with Gasteiger partial charge in [-0.3, -0.25) is 4.90 Å². The van der Waals surface area contributed by atoms with Gasteiger partial charge in [-0.2, -0.15) is 0 Å². The van der Waals surface area contributed by atoms with Gasteiger partial charge in [0.2, 0.25) is 0 Å². The molecule has 1 aliphatic carbocycles. The van der Waals surface area contributed by atoms with Crippen LogP contribution in [-0.2, 0) is 22.6 Å². The lowest BCUT2D eigenvalue weighted by Gasteiger charge is -2.39. The summed E-state index contributed by atoms with van der Waals surface area (Å²) in [6, 6.07) is 4.76. The van der Waals surface area contributed by atoms with Gasteiger partial charge in [0.1, 0.15) is 5.01 Å². The van der Waals surface area contributed by atoms with E-state index in [1.807, 2.05) is 17.8 Å². The first kappa shape index (κ1) is 15.3. The average Bonchev–Trinajstić information content (AvgIpc) is 3.30. The Hall–Kier alpha value is -1.21. The monoisotopic (exact) mass is 333 g/mol. The van der Waals surface area contributed by atoms with Crippen LogP contribution in [0.5, 0.6) is 0 Å². The average molecular weight is 333 g/mol. The van der Waals surface area contributed by atoms with E-state index in [1.165, 1.54) is 18.5 Å². The second-order valence-electron chi connectivity index (χ2n) is 6.35. The number of nitrogens with zero attached hydrogens (tertiary/aromatic N) is 2. The number of aromatic nitrogens is 2. The molecule has 23 heavy (non-hydrogen) atoms. The Kier molecular flexibility index (Phi) is 4.75. The van der Waals surface area contributed by atoms with Crippen LogP contribution in [0.3, 0.4) is 0 Å². The summed E-state index contributed by atoms with van der Waals surface area (Å²) in [5, 5.41) is 3.05. The molecule has 0 bridgehead atoms. The van der Waals surface area contributed by atoms with Gasteiger partial charge in [0.15, 0.2) is 0 Å². The fourth-order valence-corrected chi connectivity index (χ4v) is 4.37. The van der Waals surface area contributed by atoms with Crippen LogP contribution in [0, 0.1) is 5.92 Å². The van der Waals surface area contributed by atoms with E-state index in [2.05, 4.69) is 27.0 Å². The standard InChI is InChI=1S/C17H23N3O2S/c1-2-14(18-5-1)10-20-7-8-22-17-13(3-4-15(17)20)11-21-12-16-19-6-9-23-16/h1-2,5-6,9,13,15,17-18H,3-4,7-8,10-12H2/t13-,15-,17-/m1/s1. The quantitative estimate of drug-likeness (QED) is 0.883. The molecule has 4 rings (SSSR count). The van der Waals surface area contributed by atoms with Crippen LogP contribution >= 0.6 is 11.3 Å². The number of fused-ring (bicyclic) bond motifs is 1. The Labute approximate surface area is 140 Å². The molecule has 1 saturated carbocycles. The maximum absolute atomic E-state index is 6.11. The van der Waals surface area contributed by atoms with Crippen molar-refractivity contribution < 1.29 is 9.47 Å². The highest BCUT2D eigenvalue weighted by atomic mass is 32.1. The Morgan fingerprint density at radius 1 is 1.43 bits per heavy atom. The van der Waals surface area contributed by atoms with Gasteiger partial charge in [0.05, 0.1) is 25.9 Å². The number of rotatable bonds is 6. The molecule has 5 nitrogen and oxygen atoms in total. The zero-order chi connectivity index (χ0) is 15.5. The summed E-state index contributed by atoms with van der Waals surface area (Å²) >= 11 is 1.65. The van der Waals surface area contributed by atoms with Crippen molar-refractivity contribution in [1.29, 1.82) is 0 Å². The molecule has 0 spiro atoms. The third kappa shape index (κ3) is 3.50. The van der Waals surface area contributed by atoms with Crippen LogP contribution in [0.15, 0.2) is 29.9 Å². The molecule has 2 aromatic heterocycles. The number of aromatic amines is 1. The maximum atomic E-state index is 6.11. The third-order valence-electron chi connectivity index (χ3n) is 4.91. The molecule has 2 aliphatic rings. The second-order valence-corrected chi connectivity index (χ2v) is 7.33. The largest absolute Gasteiger partial charge is 0.375 e. The van der Waals surface area contributed by atoms with Crippen LogP contribution in [0.2, 0.25) is 0 Å². The summed E-state index contributed by atoms with van der Waals surface area (Å²) in [5.74, 6) is 0.506. The first-order valence-corrected chi connectivity index (χ1v) is 9.22. The molecule has 124 valence electrons. The normalized spacial score (nSPS) is 28.1. The number of hydrogen-bond acceptors (Lipinski definition) is 5. The predicted molar refractivity (Wildman–Crippen MR) is 89.2 cm³/mol. The van der Waals surface area contributed by atoms with E-state index in [4.69, 9.17) is 9.47 Å².